The Morgan fingerprint density at radius 1 is 1.44 bits per heavy atom. The first kappa shape index (κ1) is 11.9. The molecule has 0 unspecified atom stereocenters. The summed E-state index contributed by atoms with van der Waals surface area (Å²) in [5, 5.41) is 9.20. The highest BCUT2D eigenvalue weighted by atomic mass is 16.3. The molecule has 0 atom stereocenters. The number of hydrogen-bond donors (Lipinski definition) is 2. The van der Waals surface area contributed by atoms with Gasteiger partial charge in [-0.25, -0.2) is 0 Å². The van der Waals surface area contributed by atoms with Gasteiger partial charge in [0.25, 0.3) is 0 Å². The summed E-state index contributed by atoms with van der Waals surface area (Å²) in [5.41, 5.74) is 5.53. The Morgan fingerprint density at radius 2 is 2.00 bits per heavy atom. The molecule has 1 amide bonds. The quantitative estimate of drug-likeness (QED) is 0.736. The monoisotopic (exact) mass is 226 g/mol. The number of aliphatic hydroxyl groups excluding tert-OH is 1. The highest BCUT2D eigenvalue weighted by molar-refractivity contribution is 5.86. The minimum Gasteiger partial charge on any atom is -0.393 e. The minimum absolute atomic E-state index is 0.0892. The van der Waals surface area contributed by atoms with Crippen LogP contribution in [0.5, 0.6) is 0 Å². The predicted octanol–water partition coefficient (Wildman–Crippen LogP) is 0.487. The van der Waals surface area contributed by atoms with E-state index < -0.39 is 5.54 Å². The van der Waals surface area contributed by atoms with Crippen LogP contribution in [0.25, 0.3) is 0 Å². The van der Waals surface area contributed by atoms with Gasteiger partial charge in [0.15, 0.2) is 0 Å². The molecule has 2 aliphatic rings. The molecule has 4 nitrogen and oxygen atoms in total. The first-order valence-electron chi connectivity index (χ1n) is 6.24. The maximum Gasteiger partial charge on any atom is 0.242 e. The molecule has 0 heterocycles. The van der Waals surface area contributed by atoms with E-state index in [1.807, 2.05) is 7.05 Å². The normalized spacial score (nSPS) is 32.2. The minimum atomic E-state index is -0.600. The molecule has 4 heteroatoms. The fourth-order valence-electron chi connectivity index (χ4n) is 2.92. The second-order valence-electron chi connectivity index (χ2n) is 5.54. The Morgan fingerprint density at radius 3 is 2.50 bits per heavy atom. The summed E-state index contributed by atoms with van der Waals surface area (Å²) in [6, 6.07) is 0. The lowest BCUT2D eigenvalue weighted by Gasteiger charge is -2.36. The number of carbonyl (C=O) groups excluding carboxylic acids is 1. The number of hydrogen-bond acceptors (Lipinski definition) is 3. The zero-order valence-corrected chi connectivity index (χ0v) is 9.98. The van der Waals surface area contributed by atoms with Gasteiger partial charge in [0, 0.05) is 13.6 Å². The molecule has 0 aliphatic heterocycles. The van der Waals surface area contributed by atoms with Crippen molar-refractivity contribution < 1.29 is 9.90 Å². The van der Waals surface area contributed by atoms with E-state index in [-0.39, 0.29) is 12.0 Å². The summed E-state index contributed by atoms with van der Waals surface area (Å²) >= 11 is 0. The van der Waals surface area contributed by atoms with Crippen molar-refractivity contribution in [3.63, 3.8) is 0 Å². The maximum absolute atomic E-state index is 12.2. The Hall–Kier alpha value is -0.610. The van der Waals surface area contributed by atoms with Crippen molar-refractivity contribution in [1.29, 1.82) is 0 Å². The van der Waals surface area contributed by atoms with Gasteiger partial charge in [-0.1, -0.05) is 12.8 Å². The predicted molar refractivity (Wildman–Crippen MR) is 61.8 cm³/mol. The van der Waals surface area contributed by atoms with Gasteiger partial charge in [0.05, 0.1) is 11.6 Å². The first-order chi connectivity index (χ1) is 7.51. The molecule has 2 rings (SSSR count). The smallest absolute Gasteiger partial charge is 0.242 e. The SMILES string of the molecule is CN(CC1CC(O)C1)C(=O)C1(N)CCCC1. The highest BCUT2D eigenvalue weighted by Crippen LogP contribution is 2.31. The van der Waals surface area contributed by atoms with Crippen molar-refractivity contribution in [2.45, 2.75) is 50.2 Å². The Balaban J connectivity index is 1.84. The average molecular weight is 226 g/mol. The van der Waals surface area contributed by atoms with Crippen molar-refractivity contribution in [3.8, 4) is 0 Å². The van der Waals surface area contributed by atoms with E-state index in [9.17, 15) is 9.90 Å². The van der Waals surface area contributed by atoms with E-state index in [0.29, 0.717) is 5.92 Å². The molecule has 0 aromatic rings. The van der Waals surface area contributed by atoms with Crippen molar-refractivity contribution in [3.05, 3.63) is 0 Å². The van der Waals surface area contributed by atoms with Gasteiger partial charge in [0.2, 0.25) is 5.91 Å². The molecule has 0 aromatic heterocycles. The maximum atomic E-state index is 12.2. The molecule has 0 bridgehead atoms. The third kappa shape index (κ3) is 2.23. The van der Waals surface area contributed by atoms with Crippen molar-refractivity contribution in [1.82, 2.24) is 4.90 Å². The molecule has 92 valence electrons. The van der Waals surface area contributed by atoms with Gasteiger partial charge in [-0.15, -0.1) is 0 Å². The van der Waals surface area contributed by atoms with Crippen molar-refractivity contribution in [2.75, 3.05) is 13.6 Å². The second kappa shape index (κ2) is 4.34. The van der Waals surface area contributed by atoms with Crippen LogP contribution in [-0.2, 0) is 4.79 Å². The van der Waals surface area contributed by atoms with Crippen LogP contribution >= 0.6 is 0 Å². The first-order valence-corrected chi connectivity index (χ1v) is 6.24. The topological polar surface area (TPSA) is 66.6 Å². The van der Waals surface area contributed by atoms with Crippen molar-refractivity contribution >= 4 is 5.91 Å². The Labute approximate surface area is 96.8 Å². The van der Waals surface area contributed by atoms with Gasteiger partial charge in [-0.2, -0.15) is 0 Å². The molecule has 16 heavy (non-hydrogen) atoms. The number of nitrogens with zero attached hydrogens (tertiary/aromatic N) is 1. The third-order valence-electron chi connectivity index (χ3n) is 4.01. The lowest BCUT2D eigenvalue weighted by molar-refractivity contribution is -0.137. The van der Waals surface area contributed by atoms with Crippen LogP contribution in [-0.4, -0.2) is 41.1 Å². The summed E-state index contributed by atoms with van der Waals surface area (Å²) in [5.74, 6) is 0.556. The Kier molecular flexibility index (Phi) is 3.22. The zero-order chi connectivity index (χ0) is 11.8. The van der Waals surface area contributed by atoms with Crippen molar-refractivity contribution in [2.24, 2.45) is 11.7 Å². The molecule has 2 aliphatic carbocycles. The summed E-state index contributed by atoms with van der Waals surface area (Å²) in [4.78, 5) is 13.9. The summed E-state index contributed by atoms with van der Waals surface area (Å²) in [6.45, 7) is 0.745. The largest absolute Gasteiger partial charge is 0.393 e. The van der Waals surface area contributed by atoms with Gasteiger partial charge in [-0.3, -0.25) is 4.79 Å². The van der Waals surface area contributed by atoms with Crippen LogP contribution in [0.1, 0.15) is 38.5 Å². The van der Waals surface area contributed by atoms with Crippen LogP contribution in [0.2, 0.25) is 0 Å². The van der Waals surface area contributed by atoms with Crippen LogP contribution in [0, 0.1) is 5.92 Å². The second-order valence-corrected chi connectivity index (χ2v) is 5.54. The number of likely N-dealkylation sites (N-methyl/N-ethyl adjacent to an activating group) is 1. The molecule has 0 spiro atoms. The number of aliphatic hydroxyl groups is 1. The standard InChI is InChI=1S/C12H22N2O2/c1-14(8-9-6-10(15)7-9)11(16)12(13)4-2-3-5-12/h9-10,15H,2-8,13H2,1H3. The molecule has 0 radical (unpaired) electrons. The lowest BCUT2D eigenvalue weighted by atomic mass is 9.82. The van der Waals surface area contributed by atoms with Gasteiger partial charge >= 0.3 is 0 Å². The summed E-state index contributed by atoms with van der Waals surface area (Å²) in [6.07, 6.45) is 5.29. The third-order valence-corrected chi connectivity index (χ3v) is 4.01. The fraction of sp³-hybridized carbons (Fsp3) is 0.917. The van der Waals surface area contributed by atoms with Crippen LogP contribution in [0.4, 0.5) is 0 Å². The van der Waals surface area contributed by atoms with Crippen LogP contribution < -0.4 is 5.73 Å². The van der Waals surface area contributed by atoms with E-state index in [0.717, 1.165) is 45.1 Å². The number of amides is 1. The molecular formula is C12H22N2O2. The average Bonchev–Trinajstić information content (AvgIpc) is 2.63. The Bertz CT molecular complexity index is 268. The summed E-state index contributed by atoms with van der Waals surface area (Å²) in [7, 11) is 1.83. The molecular weight excluding hydrogens is 204 g/mol. The van der Waals surface area contributed by atoms with E-state index in [1.54, 1.807) is 4.90 Å². The fourth-order valence-corrected chi connectivity index (χ4v) is 2.92. The van der Waals surface area contributed by atoms with E-state index in [2.05, 4.69) is 0 Å². The zero-order valence-electron chi connectivity index (χ0n) is 9.98. The summed E-state index contributed by atoms with van der Waals surface area (Å²) < 4.78 is 0. The number of nitrogens with two attached hydrogens (primary N) is 1. The number of rotatable bonds is 3. The molecule has 2 saturated carbocycles. The number of carbonyl (C=O) groups is 1. The van der Waals surface area contributed by atoms with Crippen LogP contribution in [0.3, 0.4) is 0 Å². The highest BCUT2D eigenvalue weighted by Gasteiger charge is 2.40. The van der Waals surface area contributed by atoms with Crippen LogP contribution in [0.15, 0.2) is 0 Å². The molecule has 0 aromatic carbocycles. The molecule has 0 saturated heterocycles. The molecule has 2 fully saturated rings. The van der Waals surface area contributed by atoms with Gasteiger partial charge in [0.1, 0.15) is 0 Å². The van der Waals surface area contributed by atoms with E-state index in [4.69, 9.17) is 5.73 Å². The van der Waals surface area contributed by atoms with E-state index in [1.165, 1.54) is 0 Å². The molecule has 3 N–H and O–H groups in total. The van der Waals surface area contributed by atoms with E-state index >= 15 is 0 Å². The van der Waals surface area contributed by atoms with Gasteiger partial charge in [-0.05, 0) is 31.6 Å². The lowest BCUT2D eigenvalue weighted by Crippen LogP contribution is -2.54. The van der Waals surface area contributed by atoms with Gasteiger partial charge < -0.3 is 15.7 Å².